The van der Waals surface area contributed by atoms with E-state index in [9.17, 15) is 4.79 Å². The molecule has 0 spiro atoms. The van der Waals surface area contributed by atoms with Crippen LogP contribution in [0.25, 0.3) is 0 Å². The largest absolute Gasteiger partial charge is 0.385 e. The number of aryl methyl sites for hydroxylation is 1. The van der Waals surface area contributed by atoms with Gasteiger partial charge in [-0.1, -0.05) is 6.07 Å². The van der Waals surface area contributed by atoms with Crippen LogP contribution in [0.1, 0.15) is 24.3 Å². The number of nitrogens with one attached hydrogen (secondary N) is 1. The van der Waals surface area contributed by atoms with E-state index in [2.05, 4.69) is 20.4 Å². The molecule has 0 radical (unpaired) electrons. The minimum Gasteiger partial charge on any atom is -0.385 e. The first-order valence-corrected chi connectivity index (χ1v) is 5.86. The highest BCUT2D eigenvalue weighted by molar-refractivity contribution is 5.89. The molecule has 0 amide bonds. The van der Waals surface area contributed by atoms with E-state index < -0.39 is 5.97 Å². The third kappa shape index (κ3) is 3.51. The second-order valence-corrected chi connectivity index (χ2v) is 4.30. The highest BCUT2D eigenvalue weighted by Gasteiger charge is 2.13. The summed E-state index contributed by atoms with van der Waals surface area (Å²) in [6.45, 7) is 3.98. The average Bonchev–Trinajstić information content (AvgIpc) is 2.74. The van der Waals surface area contributed by atoms with Crippen LogP contribution in [0.5, 0.6) is 6.01 Å². The van der Waals surface area contributed by atoms with Crippen LogP contribution in [-0.4, -0.2) is 31.8 Å². The predicted molar refractivity (Wildman–Crippen MR) is 69.0 cm³/mol. The van der Waals surface area contributed by atoms with E-state index in [4.69, 9.17) is 4.74 Å². The number of hydrogen-bond acceptors (Lipinski definition) is 6. The summed E-state index contributed by atoms with van der Waals surface area (Å²) in [4.78, 5) is 19.8. The summed E-state index contributed by atoms with van der Waals surface area (Å²) in [6, 6.07) is 5.35. The van der Waals surface area contributed by atoms with E-state index in [0.29, 0.717) is 5.82 Å². The third-order valence-corrected chi connectivity index (χ3v) is 2.16. The van der Waals surface area contributed by atoms with Gasteiger partial charge in [-0.05, 0) is 26.0 Å². The monoisotopic (exact) mass is 261 g/mol. The van der Waals surface area contributed by atoms with Gasteiger partial charge in [0.2, 0.25) is 0 Å². The van der Waals surface area contributed by atoms with Crippen molar-refractivity contribution in [3.8, 4) is 6.01 Å². The molecule has 0 saturated heterocycles. The van der Waals surface area contributed by atoms with E-state index in [1.807, 2.05) is 13.8 Å². The van der Waals surface area contributed by atoms with E-state index in [-0.39, 0.29) is 17.7 Å². The van der Waals surface area contributed by atoms with Crippen LogP contribution in [0.2, 0.25) is 0 Å². The summed E-state index contributed by atoms with van der Waals surface area (Å²) in [5.41, 5.74) is 0.207. The molecule has 0 fully saturated rings. The van der Waals surface area contributed by atoms with E-state index in [0.717, 1.165) is 0 Å². The van der Waals surface area contributed by atoms with Crippen LogP contribution in [0.3, 0.4) is 0 Å². The Hall–Kier alpha value is -2.44. The fraction of sp³-hybridized carbons (Fsp3) is 0.333. The summed E-state index contributed by atoms with van der Waals surface area (Å²) in [7, 11) is 1.69. The van der Waals surface area contributed by atoms with E-state index >= 15 is 0 Å². The molecule has 0 saturated carbocycles. The lowest BCUT2D eigenvalue weighted by Crippen LogP contribution is -2.15. The third-order valence-electron chi connectivity index (χ3n) is 2.16. The van der Waals surface area contributed by atoms with Gasteiger partial charge in [-0.2, -0.15) is 4.98 Å². The van der Waals surface area contributed by atoms with Gasteiger partial charge in [-0.25, -0.2) is 9.78 Å². The van der Waals surface area contributed by atoms with Gasteiger partial charge in [0.25, 0.3) is 0 Å². The van der Waals surface area contributed by atoms with Crippen LogP contribution in [0, 0.1) is 0 Å². The smallest absolute Gasteiger partial charge is 0.364 e. The quantitative estimate of drug-likeness (QED) is 0.834. The van der Waals surface area contributed by atoms with Crippen LogP contribution >= 0.6 is 0 Å². The van der Waals surface area contributed by atoms with Crippen molar-refractivity contribution in [3.05, 3.63) is 30.2 Å². The number of hydrogen-bond donors (Lipinski definition) is 1. The first-order chi connectivity index (χ1) is 9.04. The molecule has 0 aliphatic carbocycles. The number of pyridine rings is 1. The molecule has 1 N–H and O–H groups in total. The van der Waals surface area contributed by atoms with Crippen LogP contribution < -0.4 is 10.1 Å². The number of carbonyl (C=O) groups excluding carboxylic acids is 1. The fourth-order valence-corrected chi connectivity index (χ4v) is 1.43. The van der Waals surface area contributed by atoms with Crippen molar-refractivity contribution in [1.29, 1.82) is 0 Å². The van der Waals surface area contributed by atoms with Crippen molar-refractivity contribution in [2.75, 3.05) is 5.32 Å². The predicted octanol–water partition coefficient (Wildman–Crippen LogP) is 1.25. The molecular weight excluding hydrogens is 246 g/mol. The fourth-order valence-electron chi connectivity index (χ4n) is 1.43. The maximum absolute atomic E-state index is 11.9. The molecule has 2 heterocycles. The van der Waals surface area contributed by atoms with Gasteiger partial charge < -0.3 is 10.1 Å². The summed E-state index contributed by atoms with van der Waals surface area (Å²) < 4.78 is 6.46. The Balaban J connectivity index is 2.10. The first kappa shape index (κ1) is 13.0. The minimum absolute atomic E-state index is 0.0107. The first-order valence-electron chi connectivity index (χ1n) is 5.86. The Kier molecular flexibility index (Phi) is 3.74. The van der Waals surface area contributed by atoms with Gasteiger partial charge in [0.1, 0.15) is 12.1 Å². The highest BCUT2D eigenvalue weighted by Crippen LogP contribution is 2.09. The summed E-state index contributed by atoms with van der Waals surface area (Å²) in [5, 5.41) is 6.98. The minimum atomic E-state index is -0.585. The molecule has 7 nitrogen and oxygen atoms in total. The Morgan fingerprint density at radius 2 is 2.21 bits per heavy atom. The maximum atomic E-state index is 11.9. The second-order valence-electron chi connectivity index (χ2n) is 4.30. The van der Waals surface area contributed by atoms with Crippen molar-refractivity contribution < 1.29 is 9.53 Å². The van der Waals surface area contributed by atoms with Gasteiger partial charge in [-0.3, -0.25) is 4.68 Å². The zero-order valence-electron chi connectivity index (χ0n) is 11.0. The normalized spacial score (nSPS) is 10.5. The van der Waals surface area contributed by atoms with Crippen molar-refractivity contribution in [1.82, 2.24) is 19.7 Å². The summed E-state index contributed by atoms with van der Waals surface area (Å²) in [6.07, 6.45) is 1.45. The SMILES string of the molecule is CC(C)Nc1cccc(C(=O)Oc2ncn(C)n2)n1. The molecule has 0 unspecified atom stereocenters. The zero-order valence-corrected chi connectivity index (χ0v) is 11.0. The van der Waals surface area contributed by atoms with Crippen molar-refractivity contribution >= 4 is 11.8 Å². The van der Waals surface area contributed by atoms with E-state index in [1.165, 1.54) is 11.0 Å². The number of ether oxygens (including phenoxy) is 1. The summed E-state index contributed by atoms with van der Waals surface area (Å²) in [5.74, 6) is 0.0389. The van der Waals surface area contributed by atoms with Gasteiger partial charge in [0.05, 0.1) is 0 Å². The Bertz CT molecular complexity index is 579. The van der Waals surface area contributed by atoms with Crippen LogP contribution in [0.4, 0.5) is 5.82 Å². The number of nitrogens with zero attached hydrogens (tertiary/aromatic N) is 4. The topological polar surface area (TPSA) is 81.9 Å². The standard InChI is InChI=1S/C12H15N5O2/c1-8(2)14-10-6-4-5-9(15-10)11(18)19-12-13-7-17(3)16-12/h4-8H,1-3H3,(H,14,15). The van der Waals surface area contributed by atoms with Crippen LogP contribution in [-0.2, 0) is 7.05 Å². The number of aromatic nitrogens is 4. The number of rotatable bonds is 4. The Labute approximate surface area is 110 Å². The van der Waals surface area contributed by atoms with Crippen molar-refractivity contribution in [2.24, 2.45) is 7.05 Å². The molecule has 0 bridgehead atoms. The molecule has 0 aliphatic heterocycles. The molecule has 0 aromatic carbocycles. The highest BCUT2D eigenvalue weighted by atomic mass is 16.6. The second kappa shape index (κ2) is 5.47. The molecule has 19 heavy (non-hydrogen) atoms. The number of carbonyl (C=O) groups is 1. The lowest BCUT2D eigenvalue weighted by atomic mass is 10.3. The van der Waals surface area contributed by atoms with Crippen molar-refractivity contribution in [3.63, 3.8) is 0 Å². The van der Waals surface area contributed by atoms with Gasteiger partial charge in [0, 0.05) is 13.1 Å². The Morgan fingerprint density at radius 1 is 1.42 bits per heavy atom. The molecule has 7 heteroatoms. The Morgan fingerprint density at radius 3 is 2.84 bits per heavy atom. The molecule has 2 aromatic rings. The van der Waals surface area contributed by atoms with Crippen LogP contribution in [0.15, 0.2) is 24.5 Å². The molecule has 0 atom stereocenters. The maximum Gasteiger partial charge on any atom is 0.364 e. The zero-order chi connectivity index (χ0) is 13.8. The summed E-state index contributed by atoms with van der Waals surface area (Å²) >= 11 is 0. The number of anilines is 1. The average molecular weight is 261 g/mol. The van der Waals surface area contributed by atoms with Gasteiger partial charge in [-0.15, -0.1) is 5.10 Å². The lowest BCUT2D eigenvalue weighted by molar-refractivity contribution is 0.0713. The molecule has 0 aliphatic rings. The molecule has 2 aromatic heterocycles. The van der Waals surface area contributed by atoms with Gasteiger partial charge in [0.15, 0.2) is 5.69 Å². The van der Waals surface area contributed by atoms with Gasteiger partial charge >= 0.3 is 12.0 Å². The van der Waals surface area contributed by atoms with E-state index in [1.54, 1.807) is 25.2 Å². The molecule has 100 valence electrons. The molecule has 2 rings (SSSR count). The van der Waals surface area contributed by atoms with Crippen molar-refractivity contribution in [2.45, 2.75) is 19.9 Å². The number of esters is 1. The molecular formula is C12H15N5O2. The lowest BCUT2D eigenvalue weighted by Gasteiger charge is -2.09.